The van der Waals surface area contributed by atoms with Crippen molar-refractivity contribution in [1.82, 2.24) is 0 Å². The van der Waals surface area contributed by atoms with Crippen LogP contribution in [0.3, 0.4) is 0 Å². The van der Waals surface area contributed by atoms with Crippen molar-refractivity contribution in [2.24, 2.45) is 0 Å². The van der Waals surface area contributed by atoms with Crippen molar-refractivity contribution >= 4 is 0 Å². The van der Waals surface area contributed by atoms with E-state index in [1.165, 1.54) is 0 Å². The number of hydrogen-bond acceptors (Lipinski definition) is 4. The largest absolute Gasteiger partial charge is 0.394 e. The SMILES string of the molecule is OC[C@H]1O[C@@H]([18F])[C@H](O)[C@@H]1O. The molecule has 0 aromatic carbocycles. The van der Waals surface area contributed by atoms with E-state index in [-0.39, 0.29) is 0 Å². The van der Waals surface area contributed by atoms with Crippen molar-refractivity contribution in [3.05, 3.63) is 0 Å². The van der Waals surface area contributed by atoms with Crippen LogP contribution in [-0.2, 0) is 4.74 Å². The Morgan fingerprint density at radius 3 is 2.10 bits per heavy atom. The minimum atomic E-state index is -1.88. The molecule has 0 aromatic heterocycles. The maximum Gasteiger partial charge on any atom is 0.228 e. The van der Waals surface area contributed by atoms with E-state index in [1.54, 1.807) is 0 Å². The Morgan fingerprint density at radius 1 is 1.30 bits per heavy atom. The molecule has 5 heteroatoms. The number of hydrogen-bond donors (Lipinski definition) is 3. The van der Waals surface area contributed by atoms with Gasteiger partial charge in [0.05, 0.1) is 6.61 Å². The molecule has 3 N–H and O–H groups in total. The van der Waals surface area contributed by atoms with Crippen LogP contribution in [0.15, 0.2) is 0 Å². The molecule has 1 aliphatic rings. The molecule has 1 fully saturated rings. The highest BCUT2D eigenvalue weighted by Gasteiger charge is 2.42. The third-order valence-corrected chi connectivity index (χ3v) is 1.48. The summed E-state index contributed by atoms with van der Waals surface area (Å²) in [6, 6.07) is 0. The molecule has 0 radical (unpaired) electrons. The third kappa shape index (κ3) is 1.13. The zero-order chi connectivity index (χ0) is 7.72. The maximum atomic E-state index is 12.3. The summed E-state index contributed by atoms with van der Waals surface area (Å²) >= 11 is 0. The maximum absolute atomic E-state index is 12.3. The van der Waals surface area contributed by atoms with Crippen LogP contribution in [0.2, 0.25) is 0 Å². The van der Waals surface area contributed by atoms with Gasteiger partial charge in [-0.25, -0.2) is 4.39 Å². The number of aliphatic hydroxyl groups excluding tert-OH is 3. The molecule has 60 valence electrons. The normalized spacial score (nSPS) is 48.0. The van der Waals surface area contributed by atoms with Crippen LogP contribution in [0.25, 0.3) is 0 Å². The van der Waals surface area contributed by atoms with E-state index in [4.69, 9.17) is 15.3 Å². The predicted molar refractivity (Wildman–Crippen MR) is 28.9 cm³/mol. The van der Waals surface area contributed by atoms with E-state index >= 15 is 0 Å². The molecular weight excluding hydrogens is 142 g/mol. The first kappa shape index (κ1) is 7.87. The fourth-order valence-corrected chi connectivity index (χ4v) is 0.854. The molecule has 0 spiro atoms. The predicted octanol–water partition coefficient (Wildman–Crippen LogP) is -1.61. The molecule has 1 saturated heterocycles. The lowest BCUT2D eigenvalue weighted by Crippen LogP contribution is -2.32. The molecule has 0 bridgehead atoms. The van der Waals surface area contributed by atoms with E-state index in [9.17, 15) is 4.39 Å². The van der Waals surface area contributed by atoms with Gasteiger partial charge >= 0.3 is 0 Å². The van der Waals surface area contributed by atoms with Gasteiger partial charge in [0, 0.05) is 0 Å². The van der Waals surface area contributed by atoms with Gasteiger partial charge in [-0.1, -0.05) is 0 Å². The fourth-order valence-electron chi connectivity index (χ4n) is 0.854. The zero-order valence-corrected chi connectivity index (χ0v) is 5.14. The van der Waals surface area contributed by atoms with Crippen LogP contribution in [0.4, 0.5) is 4.39 Å². The minimum Gasteiger partial charge on any atom is -0.394 e. The monoisotopic (exact) mass is 151 g/mol. The van der Waals surface area contributed by atoms with Crippen molar-refractivity contribution in [2.45, 2.75) is 24.7 Å². The number of aliphatic hydroxyl groups is 3. The molecule has 1 rings (SSSR count). The molecule has 4 atom stereocenters. The van der Waals surface area contributed by atoms with E-state index in [0.29, 0.717) is 0 Å². The Kier molecular flexibility index (Phi) is 2.20. The molecule has 0 unspecified atom stereocenters. The molecule has 0 aliphatic carbocycles. The Balaban J connectivity index is 2.53. The summed E-state index contributed by atoms with van der Waals surface area (Å²) in [6.07, 6.45) is -5.73. The molecule has 1 aliphatic heterocycles. The van der Waals surface area contributed by atoms with Gasteiger partial charge in [0.1, 0.15) is 18.3 Å². The number of halogens is 1. The Morgan fingerprint density at radius 2 is 1.90 bits per heavy atom. The van der Waals surface area contributed by atoms with E-state index in [1.807, 2.05) is 0 Å². The van der Waals surface area contributed by atoms with E-state index in [0.717, 1.165) is 0 Å². The summed E-state index contributed by atoms with van der Waals surface area (Å²) in [5.74, 6) is 0. The standard InChI is InChI=1S/C5H9FO4/c6-5-4(9)3(8)2(1-7)10-5/h2-5,7-9H,1H2/t2-,3-,4-,5-/m1/s1/i6-1. The lowest BCUT2D eigenvalue weighted by molar-refractivity contribution is -0.0822. The van der Waals surface area contributed by atoms with Crippen LogP contribution in [0.1, 0.15) is 0 Å². The summed E-state index contributed by atoms with van der Waals surface area (Å²) in [5.41, 5.74) is 0. The van der Waals surface area contributed by atoms with E-state index < -0.39 is 31.3 Å². The second-order valence-corrected chi connectivity index (χ2v) is 2.19. The summed E-state index contributed by atoms with van der Waals surface area (Å²) in [7, 11) is 0. The van der Waals surface area contributed by atoms with Gasteiger partial charge < -0.3 is 20.1 Å². The number of alkyl halides is 1. The highest BCUT2D eigenvalue weighted by atomic mass is 18.2. The van der Waals surface area contributed by atoms with E-state index in [2.05, 4.69) is 4.74 Å². The number of rotatable bonds is 1. The average molecular weight is 151 g/mol. The fraction of sp³-hybridized carbons (Fsp3) is 1.00. The summed E-state index contributed by atoms with van der Waals surface area (Å²) < 4.78 is 16.6. The molecule has 4 nitrogen and oxygen atoms in total. The van der Waals surface area contributed by atoms with Gasteiger partial charge in [0.2, 0.25) is 6.36 Å². The molecule has 0 aromatic rings. The summed E-state index contributed by atoms with van der Waals surface area (Å²) in [6.45, 7) is -0.487. The topological polar surface area (TPSA) is 69.9 Å². The average Bonchev–Trinajstić information content (AvgIpc) is 2.17. The van der Waals surface area contributed by atoms with Crippen LogP contribution in [0.5, 0.6) is 0 Å². The lowest BCUT2D eigenvalue weighted by Gasteiger charge is -2.09. The van der Waals surface area contributed by atoms with Gasteiger partial charge in [-0.15, -0.1) is 0 Å². The highest BCUT2D eigenvalue weighted by molar-refractivity contribution is 4.85. The van der Waals surface area contributed by atoms with Crippen molar-refractivity contribution in [1.29, 1.82) is 0 Å². The zero-order valence-electron chi connectivity index (χ0n) is 5.14. The molecular formula is C5H9FO4. The van der Waals surface area contributed by atoms with Crippen LogP contribution < -0.4 is 0 Å². The van der Waals surface area contributed by atoms with Gasteiger partial charge in [0.25, 0.3) is 0 Å². The van der Waals surface area contributed by atoms with Gasteiger partial charge in [-0.05, 0) is 0 Å². The smallest absolute Gasteiger partial charge is 0.228 e. The van der Waals surface area contributed by atoms with Crippen molar-refractivity contribution in [2.75, 3.05) is 6.61 Å². The first-order valence-corrected chi connectivity index (χ1v) is 2.93. The highest BCUT2D eigenvalue weighted by Crippen LogP contribution is 2.21. The summed E-state index contributed by atoms with van der Waals surface area (Å²) in [4.78, 5) is 0. The first-order chi connectivity index (χ1) is 4.66. The van der Waals surface area contributed by atoms with Gasteiger partial charge in [-0.2, -0.15) is 0 Å². The Labute approximate surface area is 56.9 Å². The second-order valence-electron chi connectivity index (χ2n) is 2.19. The van der Waals surface area contributed by atoms with Crippen molar-refractivity contribution in [3.8, 4) is 0 Å². The first-order valence-electron chi connectivity index (χ1n) is 2.93. The molecule has 1 heterocycles. The second kappa shape index (κ2) is 2.79. The molecule has 0 amide bonds. The molecule has 0 saturated carbocycles. The Hall–Kier alpha value is -0.230. The Bertz CT molecular complexity index is 120. The summed E-state index contributed by atoms with van der Waals surface area (Å²) in [5, 5.41) is 26.0. The van der Waals surface area contributed by atoms with Gasteiger partial charge in [-0.3, -0.25) is 0 Å². The number of ether oxygens (including phenoxy) is 1. The van der Waals surface area contributed by atoms with Gasteiger partial charge in [0.15, 0.2) is 0 Å². The lowest BCUT2D eigenvalue weighted by atomic mass is 10.1. The van der Waals surface area contributed by atoms with Crippen molar-refractivity contribution < 1.29 is 24.4 Å². The van der Waals surface area contributed by atoms with Crippen LogP contribution in [-0.4, -0.2) is 46.6 Å². The molecule has 10 heavy (non-hydrogen) atoms. The minimum absolute atomic E-state index is 0.487. The van der Waals surface area contributed by atoms with Crippen LogP contribution in [0, 0.1) is 0 Å². The third-order valence-electron chi connectivity index (χ3n) is 1.48. The quantitative estimate of drug-likeness (QED) is 0.422. The van der Waals surface area contributed by atoms with Crippen LogP contribution >= 0.6 is 0 Å². The van der Waals surface area contributed by atoms with Crippen molar-refractivity contribution in [3.63, 3.8) is 0 Å².